The maximum atomic E-state index is 12.7. The van der Waals surface area contributed by atoms with Crippen LogP contribution in [0.2, 0.25) is 0 Å². The van der Waals surface area contributed by atoms with Crippen LogP contribution in [0.5, 0.6) is 0 Å². The van der Waals surface area contributed by atoms with Crippen molar-refractivity contribution in [2.45, 2.75) is 25.7 Å². The maximum absolute atomic E-state index is 12.7. The van der Waals surface area contributed by atoms with E-state index in [9.17, 15) is 9.59 Å². The molecule has 9 heteroatoms. The van der Waals surface area contributed by atoms with E-state index in [1.54, 1.807) is 5.51 Å². The number of anilines is 1. The van der Waals surface area contributed by atoms with E-state index < -0.39 is 0 Å². The molecule has 0 fully saturated rings. The second kappa shape index (κ2) is 8.52. The van der Waals surface area contributed by atoms with Gasteiger partial charge in [0, 0.05) is 56.2 Å². The van der Waals surface area contributed by atoms with E-state index in [0.29, 0.717) is 18.2 Å². The van der Waals surface area contributed by atoms with Crippen molar-refractivity contribution in [1.82, 2.24) is 24.9 Å². The molecule has 3 aromatic rings. The van der Waals surface area contributed by atoms with Crippen molar-refractivity contribution >= 4 is 28.3 Å². The lowest BCUT2D eigenvalue weighted by atomic mass is 10.0. The highest BCUT2D eigenvalue weighted by Gasteiger charge is 2.24. The second-order valence-electron chi connectivity index (χ2n) is 6.94. The zero-order valence-electron chi connectivity index (χ0n) is 16.2. The van der Waals surface area contributed by atoms with Gasteiger partial charge in [0.2, 0.25) is 16.9 Å². The highest BCUT2D eigenvalue weighted by Crippen LogP contribution is 2.28. The van der Waals surface area contributed by atoms with Gasteiger partial charge in [-0.15, -0.1) is 10.2 Å². The molecule has 8 nitrogen and oxygen atoms in total. The first kappa shape index (κ1) is 19.3. The SMILES string of the molecule is Cn1nc(-c2ccccc2)c2c1CCN(C(=O)CCC(=O)Nc1nncs1)CC2. The summed E-state index contributed by atoms with van der Waals surface area (Å²) in [6.45, 7) is 1.27. The van der Waals surface area contributed by atoms with Crippen molar-refractivity contribution in [3.8, 4) is 11.3 Å². The standard InChI is InChI=1S/C20H22N6O2S/c1-25-16-10-12-26(18(28)8-7-17(27)22-20-23-21-13-29-20)11-9-15(16)19(24-25)14-5-3-2-4-6-14/h2-6,13H,7-12H2,1H3,(H,22,23,27). The third-order valence-corrected chi connectivity index (χ3v) is 5.70. The summed E-state index contributed by atoms with van der Waals surface area (Å²) >= 11 is 1.25. The van der Waals surface area contributed by atoms with Crippen LogP contribution in [0.25, 0.3) is 11.3 Å². The van der Waals surface area contributed by atoms with Gasteiger partial charge >= 0.3 is 0 Å². The van der Waals surface area contributed by atoms with E-state index in [-0.39, 0.29) is 24.7 Å². The summed E-state index contributed by atoms with van der Waals surface area (Å²) in [7, 11) is 1.96. The molecule has 0 unspecified atom stereocenters. The molecular weight excluding hydrogens is 388 g/mol. The Morgan fingerprint density at radius 3 is 2.69 bits per heavy atom. The fourth-order valence-electron chi connectivity index (χ4n) is 3.64. The molecule has 0 saturated heterocycles. The fourth-order valence-corrected chi connectivity index (χ4v) is 4.10. The Bertz CT molecular complexity index is 1000. The number of aryl methyl sites for hydroxylation is 1. The van der Waals surface area contributed by atoms with E-state index in [0.717, 1.165) is 24.1 Å². The number of nitrogens with zero attached hydrogens (tertiary/aromatic N) is 5. The Morgan fingerprint density at radius 1 is 1.14 bits per heavy atom. The Hall–Kier alpha value is -3.07. The number of hydrogen-bond acceptors (Lipinski definition) is 6. The van der Waals surface area contributed by atoms with Crippen LogP contribution in [0, 0.1) is 0 Å². The quantitative estimate of drug-likeness (QED) is 0.697. The van der Waals surface area contributed by atoms with Gasteiger partial charge in [0.25, 0.3) is 0 Å². The molecule has 0 aliphatic carbocycles. The number of carbonyl (C=O) groups excluding carboxylic acids is 2. The second-order valence-corrected chi connectivity index (χ2v) is 7.77. The summed E-state index contributed by atoms with van der Waals surface area (Å²) in [6.07, 6.45) is 1.84. The minimum Gasteiger partial charge on any atom is -0.342 e. The number of amides is 2. The Morgan fingerprint density at radius 2 is 1.93 bits per heavy atom. The summed E-state index contributed by atoms with van der Waals surface area (Å²) in [5.74, 6) is -0.219. The first-order valence-corrected chi connectivity index (χ1v) is 10.4. The lowest BCUT2D eigenvalue weighted by molar-refractivity contribution is -0.132. The van der Waals surface area contributed by atoms with Gasteiger partial charge in [-0.25, -0.2) is 0 Å². The smallest absolute Gasteiger partial charge is 0.226 e. The fraction of sp³-hybridized carbons (Fsp3) is 0.350. The average Bonchev–Trinajstić information content (AvgIpc) is 3.28. The molecular formula is C20H22N6O2S. The molecule has 150 valence electrons. The van der Waals surface area contributed by atoms with E-state index in [2.05, 4.69) is 27.6 Å². The van der Waals surface area contributed by atoms with Crippen molar-refractivity contribution in [1.29, 1.82) is 0 Å². The molecule has 29 heavy (non-hydrogen) atoms. The van der Waals surface area contributed by atoms with Crippen molar-refractivity contribution < 1.29 is 9.59 Å². The van der Waals surface area contributed by atoms with Crippen LogP contribution < -0.4 is 5.32 Å². The molecule has 1 N–H and O–H groups in total. The van der Waals surface area contributed by atoms with Gasteiger partial charge in [0.15, 0.2) is 0 Å². The molecule has 0 spiro atoms. The van der Waals surface area contributed by atoms with Crippen LogP contribution in [0.1, 0.15) is 24.1 Å². The maximum Gasteiger partial charge on any atom is 0.226 e. The van der Waals surface area contributed by atoms with E-state index in [4.69, 9.17) is 5.10 Å². The topological polar surface area (TPSA) is 93.0 Å². The van der Waals surface area contributed by atoms with Crippen LogP contribution in [0.15, 0.2) is 35.8 Å². The molecule has 1 aliphatic heterocycles. The third kappa shape index (κ3) is 4.34. The van der Waals surface area contributed by atoms with Gasteiger partial charge < -0.3 is 10.2 Å². The van der Waals surface area contributed by atoms with E-state index >= 15 is 0 Å². The number of fused-ring (bicyclic) bond motifs is 1. The first-order chi connectivity index (χ1) is 14.1. The number of rotatable bonds is 5. The number of hydrogen-bond donors (Lipinski definition) is 1. The molecule has 0 radical (unpaired) electrons. The molecule has 0 bridgehead atoms. The van der Waals surface area contributed by atoms with Crippen LogP contribution in [-0.4, -0.2) is 49.8 Å². The third-order valence-electron chi connectivity index (χ3n) is 5.10. The minimum absolute atomic E-state index is 0.000518. The van der Waals surface area contributed by atoms with Gasteiger partial charge in [-0.2, -0.15) is 5.10 Å². The van der Waals surface area contributed by atoms with Crippen LogP contribution in [0.3, 0.4) is 0 Å². The van der Waals surface area contributed by atoms with Crippen molar-refractivity contribution in [2.24, 2.45) is 7.05 Å². The number of benzene rings is 1. The Balaban J connectivity index is 1.38. The lowest BCUT2D eigenvalue weighted by Crippen LogP contribution is -2.34. The van der Waals surface area contributed by atoms with E-state index in [1.165, 1.54) is 22.6 Å². The summed E-state index contributed by atoms with van der Waals surface area (Å²) in [4.78, 5) is 26.5. The predicted molar refractivity (Wildman–Crippen MR) is 110 cm³/mol. The molecule has 4 rings (SSSR count). The van der Waals surface area contributed by atoms with Crippen molar-refractivity contribution in [2.75, 3.05) is 18.4 Å². The normalized spacial score (nSPS) is 13.6. The number of carbonyl (C=O) groups is 2. The average molecular weight is 411 g/mol. The molecule has 2 aromatic heterocycles. The molecule has 1 aliphatic rings. The van der Waals surface area contributed by atoms with Crippen LogP contribution in [0.4, 0.5) is 5.13 Å². The van der Waals surface area contributed by atoms with Crippen LogP contribution >= 0.6 is 11.3 Å². The van der Waals surface area contributed by atoms with Gasteiger partial charge in [-0.3, -0.25) is 14.3 Å². The molecule has 1 aromatic carbocycles. The van der Waals surface area contributed by atoms with Crippen molar-refractivity contribution in [3.05, 3.63) is 47.1 Å². The van der Waals surface area contributed by atoms with Crippen LogP contribution in [-0.2, 0) is 29.5 Å². The van der Waals surface area contributed by atoms with Crippen molar-refractivity contribution in [3.63, 3.8) is 0 Å². The predicted octanol–water partition coefficient (Wildman–Crippen LogP) is 2.28. The molecule has 3 heterocycles. The van der Waals surface area contributed by atoms with Gasteiger partial charge in [0.1, 0.15) is 5.51 Å². The first-order valence-electron chi connectivity index (χ1n) is 9.56. The van der Waals surface area contributed by atoms with E-state index in [1.807, 2.05) is 34.8 Å². The highest BCUT2D eigenvalue weighted by atomic mass is 32.1. The zero-order valence-corrected chi connectivity index (χ0v) is 17.0. The molecule has 0 saturated carbocycles. The number of aromatic nitrogens is 4. The Labute approximate surface area is 172 Å². The van der Waals surface area contributed by atoms with Gasteiger partial charge in [-0.05, 0) is 6.42 Å². The summed E-state index contributed by atoms with van der Waals surface area (Å²) in [5, 5.41) is 15.3. The number of nitrogens with one attached hydrogen (secondary N) is 1. The summed E-state index contributed by atoms with van der Waals surface area (Å²) < 4.78 is 1.93. The summed E-state index contributed by atoms with van der Waals surface area (Å²) in [6, 6.07) is 10.1. The van der Waals surface area contributed by atoms with Gasteiger partial charge in [-0.1, -0.05) is 41.7 Å². The minimum atomic E-state index is -0.219. The van der Waals surface area contributed by atoms with Gasteiger partial charge in [0.05, 0.1) is 5.69 Å². The summed E-state index contributed by atoms with van der Waals surface area (Å²) in [5.41, 5.74) is 6.02. The molecule has 2 amide bonds. The largest absolute Gasteiger partial charge is 0.342 e. The lowest BCUT2D eigenvalue weighted by Gasteiger charge is -2.20. The zero-order chi connectivity index (χ0) is 20.2. The monoisotopic (exact) mass is 410 g/mol. The highest BCUT2D eigenvalue weighted by molar-refractivity contribution is 7.13. The molecule has 0 atom stereocenters. The Kier molecular flexibility index (Phi) is 5.66.